The van der Waals surface area contributed by atoms with Crippen LogP contribution >= 0.6 is 0 Å². The fraction of sp³-hybridized carbons (Fsp3) is 0.577. The lowest BCUT2D eigenvalue weighted by Gasteiger charge is -2.57. The molecule has 162 valence electrons. The highest BCUT2D eigenvalue weighted by Gasteiger charge is 2.57. The van der Waals surface area contributed by atoms with E-state index >= 15 is 0 Å². The predicted molar refractivity (Wildman–Crippen MR) is 117 cm³/mol. The Labute approximate surface area is 179 Å². The molecule has 1 aromatic rings. The zero-order valence-corrected chi connectivity index (χ0v) is 18.6. The zero-order chi connectivity index (χ0) is 21.7. The number of hydrogen-bond donors (Lipinski definition) is 2. The second kappa shape index (κ2) is 7.47. The molecule has 2 N–H and O–H groups in total. The average molecular weight is 411 g/mol. The van der Waals surface area contributed by atoms with Crippen molar-refractivity contribution in [2.75, 3.05) is 0 Å². The van der Waals surface area contributed by atoms with Gasteiger partial charge in [0.2, 0.25) is 0 Å². The van der Waals surface area contributed by atoms with Gasteiger partial charge in [-0.05, 0) is 67.8 Å². The van der Waals surface area contributed by atoms with E-state index in [0.717, 1.165) is 38.5 Å². The summed E-state index contributed by atoms with van der Waals surface area (Å²) in [5.41, 5.74) is 2.51. The van der Waals surface area contributed by atoms with Gasteiger partial charge in [-0.2, -0.15) is 0 Å². The number of rotatable bonds is 3. The molecule has 0 aromatic heterocycles. The van der Waals surface area contributed by atoms with Crippen LogP contribution in [0.2, 0.25) is 0 Å². The van der Waals surface area contributed by atoms with Crippen molar-refractivity contribution < 1.29 is 19.7 Å². The lowest BCUT2D eigenvalue weighted by atomic mass is 9.47. The molecule has 30 heavy (non-hydrogen) atoms. The number of phenolic OH excluding ortho intramolecular Hbond substituents is 2. The second-order valence-corrected chi connectivity index (χ2v) is 10.3. The molecule has 0 spiro atoms. The van der Waals surface area contributed by atoms with Crippen LogP contribution in [0, 0.1) is 28.6 Å². The van der Waals surface area contributed by atoms with Gasteiger partial charge in [0.1, 0.15) is 17.2 Å². The van der Waals surface area contributed by atoms with E-state index in [1.165, 1.54) is 23.8 Å². The summed E-state index contributed by atoms with van der Waals surface area (Å²) in [6, 6.07) is 3.98. The van der Waals surface area contributed by atoms with E-state index < -0.39 is 5.41 Å². The fourth-order valence-corrected chi connectivity index (χ4v) is 6.44. The first-order valence-electron chi connectivity index (χ1n) is 11.3. The summed E-state index contributed by atoms with van der Waals surface area (Å²) in [5, 5.41) is 19.5. The van der Waals surface area contributed by atoms with Gasteiger partial charge in [-0.3, -0.25) is 4.79 Å². The zero-order valence-electron chi connectivity index (χ0n) is 18.6. The second-order valence-electron chi connectivity index (χ2n) is 10.3. The highest BCUT2D eigenvalue weighted by molar-refractivity contribution is 5.80. The highest BCUT2D eigenvalue weighted by Crippen LogP contribution is 2.62. The van der Waals surface area contributed by atoms with Gasteiger partial charge >= 0.3 is 5.97 Å². The largest absolute Gasteiger partial charge is 0.508 e. The first-order valence-corrected chi connectivity index (χ1v) is 11.3. The van der Waals surface area contributed by atoms with Crippen molar-refractivity contribution in [3.8, 4) is 17.2 Å². The van der Waals surface area contributed by atoms with Crippen LogP contribution in [0.3, 0.4) is 0 Å². The van der Waals surface area contributed by atoms with Crippen LogP contribution in [0.15, 0.2) is 41.5 Å². The summed E-state index contributed by atoms with van der Waals surface area (Å²) in [6.45, 7) is 8.98. The fourth-order valence-electron chi connectivity index (χ4n) is 6.44. The smallest absolute Gasteiger partial charge is 0.317 e. The van der Waals surface area contributed by atoms with Crippen molar-refractivity contribution in [2.24, 2.45) is 28.6 Å². The van der Waals surface area contributed by atoms with Crippen molar-refractivity contribution in [1.82, 2.24) is 0 Å². The summed E-state index contributed by atoms with van der Waals surface area (Å²) in [6.07, 6.45) is 10.9. The van der Waals surface area contributed by atoms with E-state index in [1.807, 2.05) is 0 Å². The molecule has 4 rings (SSSR count). The summed E-state index contributed by atoms with van der Waals surface area (Å²) in [5.74, 6) is 1.02. The molecule has 1 aromatic carbocycles. The number of allylic oxidation sites excluding steroid dienone is 4. The molecule has 0 saturated heterocycles. The number of carbonyl (C=O) groups is 1. The van der Waals surface area contributed by atoms with Gasteiger partial charge in [0, 0.05) is 18.2 Å². The van der Waals surface area contributed by atoms with E-state index in [1.54, 1.807) is 5.57 Å². The average Bonchev–Trinajstić information content (AvgIpc) is 2.66. The van der Waals surface area contributed by atoms with Crippen LogP contribution < -0.4 is 4.74 Å². The Balaban J connectivity index is 1.64. The van der Waals surface area contributed by atoms with Crippen LogP contribution in [0.1, 0.15) is 66.2 Å². The van der Waals surface area contributed by atoms with E-state index in [-0.39, 0.29) is 34.6 Å². The Morgan fingerprint density at radius 2 is 1.83 bits per heavy atom. The molecule has 0 amide bonds. The third-order valence-electron chi connectivity index (χ3n) is 8.13. The van der Waals surface area contributed by atoms with Crippen molar-refractivity contribution in [3.63, 3.8) is 0 Å². The number of carbonyl (C=O) groups excluding carboxylic acids is 1. The Morgan fingerprint density at radius 3 is 2.50 bits per heavy atom. The number of aromatic hydroxyl groups is 2. The Morgan fingerprint density at radius 1 is 1.13 bits per heavy atom. The molecule has 0 heterocycles. The van der Waals surface area contributed by atoms with E-state index in [9.17, 15) is 15.0 Å². The van der Waals surface area contributed by atoms with Gasteiger partial charge in [0.05, 0.1) is 5.41 Å². The van der Waals surface area contributed by atoms with E-state index in [4.69, 9.17) is 4.74 Å². The number of fused-ring (bicyclic) bond motifs is 3. The molecule has 1 fully saturated rings. The maximum absolute atomic E-state index is 13.4. The van der Waals surface area contributed by atoms with Gasteiger partial charge in [-0.1, -0.05) is 44.9 Å². The molecule has 0 aliphatic heterocycles. The van der Waals surface area contributed by atoms with E-state index in [2.05, 4.69) is 39.8 Å². The van der Waals surface area contributed by atoms with Gasteiger partial charge in [-0.25, -0.2) is 0 Å². The van der Waals surface area contributed by atoms with Gasteiger partial charge in [0.25, 0.3) is 0 Å². The number of ether oxygens (including phenoxy) is 1. The predicted octanol–water partition coefficient (Wildman–Crippen LogP) is 6.14. The standard InChI is InChI=1S/C26H34O4/c1-16(2)17-6-8-22-18(12-17)7-9-23-25(22,3)10-5-11-26(23,4)24(29)30-21-14-19(27)13-20(28)15-21/h7,12-16,22-23,27-28H,5-6,8-11H2,1-4H3/t22-,23?,25-,26+/m1/s1. The molecule has 4 nitrogen and oxygen atoms in total. The molecule has 0 radical (unpaired) electrons. The van der Waals surface area contributed by atoms with E-state index in [0.29, 0.717) is 11.8 Å². The molecular formula is C26H34O4. The normalized spacial score (nSPS) is 33.2. The van der Waals surface area contributed by atoms with Crippen molar-refractivity contribution in [1.29, 1.82) is 0 Å². The molecule has 0 bridgehead atoms. The first-order chi connectivity index (χ1) is 14.1. The quantitative estimate of drug-likeness (QED) is 0.464. The van der Waals surface area contributed by atoms with Gasteiger partial charge in [0.15, 0.2) is 0 Å². The number of benzene rings is 1. The minimum absolute atomic E-state index is 0.0794. The minimum atomic E-state index is -0.585. The molecule has 4 heteroatoms. The lowest BCUT2D eigenvalue weighted by molar-refractivity contribution is -0.159. The third-order valence-corrected chi connectivity index (χ3v) is 8.13. The maximum atomic E-state index is 13.4. The van der Waals surface area contributed by atoms with Crippen LogP contribution in [-0.2, 0) is 4.79 Å². The molecule has 3 aliphatic carbocycles. The van der Waals surface area contributed by atoms with Crippen molar-refractivity contribution in [2.45, 2.75) is 66.2 Å². The minimum Gasteiger partial charge on any atom is -0.508 e. The maximum Gasteiger partial charge on any atom is 0.317 e. The van der Waals surface area contributed by atoms with Crippen LogP contribution in [0.4, 0.5) is 0 Å². The third kappa shape index (κ3) is 3.44. The summed E-state index contributed by atoms with van der Waals surface area (Å²) >= 11 is 0. The van der Waals surface area contributed by atoms with Crippen LogP contribution in [0.5, 0.6) is 17.2 Å². The SMILES string of the molecule is CC(C)C1=CC2=CCC3[C@](C)(CCC[C@]3(C)C(=O)Oc3cc(O)cc(O)c3)[C@@H]2CC1. The molecular weight excluding hydrogens is 376 g/mol. The summed E-state index contributed by atoms with van der Waals surface area (Å²) in [7, 11) is 0. The number of hydrogen-bond acceptors (Lipinski definition) is 4. The Bertz CT molecular complexity index is 891. The van der Waals surface area contributed by atoms with Crippen LogP contribution in [0.25, 0.3) is 0 Å². The lowest BCUT2D eigenvalue weighted by Crippen LogP contribution is -2.54. The molecule has 1 saturated carbocycles. The summed E-state index contributed by atoms with van der Waals surface area (Å²) < 4.78 is 5.71. The molecule has 3 aliphatic rings. The number of esters is 1. The molecule has 4 atom stereocenters. The van der Waals surface area contributed by atoms with Crippen molar-refractivity contribution >= 4 is 5.97 Å². The Kier molecular flexibility index (Phi) is 5.24. The summed E-state index contributed by atoms with van der Waals surface area (Å²) in [4.78, 5) is 13.4. The first kappa shape index (κ1) is 21.0. The topological polar surface area (TPSA) is 66.8 Å². The van der Waals surface area contributed by atoms with Gasteiger partial charge < -0.3 is 14.9 Å². The monoisotopic (exact) mass is 410 g/mol. The van der Waals surface area contributed by atoms with Crippen molar-refractivity contribution in [3.05, 3.63) is 41.5 Å². The highest BCUT2D eigenvalue weighted by atomic mass is 16.5. The van der Waals surface area contributed by atoms with Crippen LogP contribution in [-0.4, -0.2) is 16.2 Å². The number of phenols is 2. The molecule has 1 unspecified atom stereocenters. The Hall–Kier alpha value is -2.23. The van der Waals surface area contributed by atoms with Gasteiger partial charge in [-0.15, -0.1) is 0 Å².